The summed E-state index contributed by atoms with van der Waals surface area (Å²) < 4.78 is 0. The van der Waals surface area contributed by atoms with Gasteiger partial charge in [-0.05, 0) is 24.0 Å². The Morgan fingerprint density at radius 3 is 2.43 bits per heavy atom. The fraction of sp³-hybridized carbons (Fsp3) is 0.500. The van der Waals surface area contributed by atoms with E-state index in [0.717, 1.165) is 10.5 Å². The van der Waals surface area contributed by atoms with Crippen LogP contribution in [-0.4, -0.2) is 28.8 Å². The number of amides is 1. The summed E-state index contributed by atoms with van der Waals surface area (Å²) in [5.41, 5.74) is 0.842. The van der Waals surface area contributed by atoms with Crippen LogP contribution in [0, 0.1) is 12.3 Å². The van der Waals surface area contributed by atoms with E-state index in [4.69, 9.17) is 5.11 Å². The molecule has 0 aliphatic rings. The maximum Gasteiger partial charge on any atom is 0.305 e. The van der Waals surface area contributed by atoms with Crippen LogP contribution in [0.3, 0.4) is 0 Å². The number of hydrogen-bond acceptors (Lipinski definition) is 3. The van der Waals surface area contributed by atoms with E-state index in [2.05, 4.69) is 5.32 Å². The van der Waals surface area contributed by atoms with Crippen molar-refractivity contribution >= 4 is 23.6 Å². The number of carboxylic acids is 1. The molecule has 1 atom stereocenters. The second kappa shape index (κ2) is 7.50. The van der Waals surface area contributed by atoms with Crippen molar-refractivity contribution in [2.75, 3.05) is 5.75 Å². The smallest absolute Gasteiger partial charge is 0.305 e. The molecule has 0 saturated carbocycles. The zero-order valence-electron chi connectivity index (χ0n) is 13.0. The highest BCUT2D eigenvalue weighted by atomic mass is 32.2. The van der Waals surface area contributed by atoms with Crippen LogP contribution in [-0.2, 0) is 9.59 Å². The van der Waals surface area contributed by atoms with Gasteiger partial charge in [-0.15, -0.1) is 11.8 Å². The number of carbonyl (C=O) groups is 2. The zero-order valence-corrected chi connectivity index (χ0v) is 13.8. The summed E-state index contributed by atoms with van der Waals surface area (Å²) >= 11 is 1.47. The van der Waals surface area contributed by atoms with Crippen molar-refractivity contribution in [3.8, 4) is 0 Å². The van der Waals surface area contributed by atoms with E-state index in [1.54, 1.807) is 0 Å². The summed E-state index contributed by atoms with van der Waals surface area (Å²) in [5, 5.41) is 11.8. The predicted octanol–water partition coefficient (Wildman–Crippen LogP) is 3.09. The molecule has 1 amide bonds. The van der Waals surface area contributed by atoms with Crippen molar-refractivity contribution in [3.63, 3.8) is 0 Å². The molecule has 116 valence electrons. The number of rotatable bonds is 6. The monoisotopic (exact) mass is 309 g/mol. The number of hydrogen-bond donors (Lipinski definition) is 2. The standard InChI is InChI=1S/C16H23NO3S/c1-11-7-5-6-8-12(11)21-10-14(18)17-13(9-15(19)20)16(2,3)4/h5-8,13H,9-10H2,1-4H3,(H,17,18)(H,19,20). The minimum atomic E-state index is -0.901. The summed E-state index contributed by atoms with van der Waals surface area (Å²) in [6, 6.07) is 7.51. The topological polar surface area (TPSA) is 66.4 Å². The van der Waals surface area contributed by atoms with E-state index in [1.165, 1.54) is 11.8 Å². The Hall–Kier alpha value is -1.49. The van der Waals surface area contributed by atoms with Crippen molar-refractivity contribution in [1.82, 2.24) is 5.32 Å². The maximum atomic E-state index is 12.0. The van der Waals surface area contributed by atoms with Gasteiger partial charge in [-0.25, -0.2) is 0 Å². The Morgan fingerprint density at radius 1 is 1.29 bits per heavy atom. The van der Waals surface area contributed by atoms with Gasteiger partial charge in [-0.1, -0.05) is 39.0 Å². The summed E-state index contributed by atoms with van der Waals surface area (Å²) in [6.45, 7) is 7.78. The number of benzene rings is 1. The summed E-state index contributed by atoms with van der Waals surface area (Å²) in [6.07, 6.45) is -0.0652. The van der Waals surface area contributed by atoms with Gasteiger partial charge in [0, 0.05) is 10.9 Å². The van der Waals surface area contributed by atoms with Gasteiger partial charge in [-0.3, -0.25) is 9.59 Å². The fourth-order valence-electron chi connectivity index (χ4n) is 1.85. The van der Waals surface area contributed by atoms with Crippen molar-refractivity contribution in [3.05, 3.63) is 29.8 Å². The Bertz CT molecular complexity index is 508. The van der Waals surface area contributed by atoms with Gasteiger partial charge < -0.3 is 10.4 Å². The van der Waals surface area contributed by atoms with Crippen molar-refractivity contribution in [1.29, 1.82) is 0 Å². The van der Waals surface area contributed by atoms with Gasteiger partial charge in [0.15, 0.2) is 0 Å². The van der Waals surface area contributed by atoms with E-state index >= 15 is 0 Å². The molecular weight excluding hydrogens is 286 g/mol. The van der Waals surface area contributed by atoms with E-state index in [9.17, 15) is 9.59 Å². The molecular formula is C16H23NO3S. The quantitative estimate of drug-likeness (QED) is 0.793. The average molecular weight is 309 g/mol. The summed E-state index contributed by atoms with van der Waals surface area (Å²) in [5.74, 6) is -0.747. The second-order valence-corrected chi connectivity index (χ2v) is 7.16. The number of aryl methyl sites for hydroxylation is 1. The van der Waals surface area contributed by atoms with Crippen LogP contribution < -0.4 is 5.32 Å². The van der Waals surface area contributed by atoms with Crippen LogP contribution in [0.15, 0.2) is 29.2 Å². The molecule has 0 spiro atoms. The lowest BCUT2D eigenvalue weighted by molar-refractivity contribution is -0.138. The molecule has 0 aromatic heterocycles. The van der Waals surface area contributed by atoms with Gasteiger partial charge in [0.1, 0.15) is 0 Å². The number of nitrogens with one attached hydrogen (secondary N) is 1. The molecule has 0 bridgehead atoms. The molecule has 0 saturated heterocycles. The number of carbonyl (C=O) groups excluding carboxylic acids is 1. The highest BCUT2D eigenvalue weighted by Gasteiger charge is 2.28. The molecule has 0 fully saturated rings. The fourth-order valence-corrected chi connectivity index (χ4v) is 2.69. The first-order chi connectivity index (χ1) is 9.70. The zero-order chi connectivity index (χ0) is 16.0. The van der Waals surface area contributed by atoms with Crippen LogP contribution in [0.25, 0.3) is 0 Å². The Morgan fingerprint density at radius 2 is 1.90 bits per heavy atom. The van der Waals surface area contributed by atoms with Crippen LogP contribution in [0.2, 0.25) is 0 Å². The molecule has 0 aliphatic heterocycles. The van der Waals surface area contributed by atoms with Crippen LogP contribution >= 0.6 is 11.8 Å². The molecule has 1 unspecified atom stereocenters. The lowest BCUT2D eigenvalue weighted by Gasteiger charge is -2.30. The first-order valence-corrected chi connectivity index (χ1v) is 7.88. The number of thioether (sulfide) groups is 1. The third-order valence-corrected chi connectivity index (χ3v) is 4.39. The van der Waals surface area contributed by atoms with Gasteiger partial charge in [0.05, 0.1) is 12.2 Å². The highest BCUT2D eigenvalue weighted by molar-refractivity contribution is 8.00. The molecule has 0 radical (unpaired) electrons. The van der Waals surface area contributed by atoms with Crippen molar-refractivity contribution < 1.29 is 14.7 Å². The first kappa shape index (κ1) is 17.6. The average Bonchev–Trinajstić information content (AvgIpc) is 2.35. The van der Waals surface area contributed by atoms with Gasteiger partial charge in [0.25, 0.3) is 0 Å². The molecule has 2 N–H and O–H groups in total. The molecule has 21 heavy (non-hydrogen) atoms. The SMILES string of the molecule is Cc1ccccc1SCC(=O)NC(CC(=O)O)C(C)(C)C. The molecule has 4 nitrogen and oxygen atoms in total. The molecule has 5 heteroatoms. The molecule has 1 aromatic carbocycles. The Kier molecular flexibility index (Phi) is 6.27. The van der Waals surface area contributed by atoms with E-state index in [1.807, 2.05) is 52.0 Å². The normalized spacial score (nSPS) is 12.8. The molecule has 0 aliphatic carbocycles. The van der Waals surface area contributed by atoms with Crippen molar-refractivity contribution in [2.24, 2.45) is 5.41 Å². The van der Waals surface area contributed by atoms with Crippen LogP contribution in [0.1, 0.15) is 32.8 Å². The minimum Gasteiger partial charge on any atom is -0.481 e. The third-order valence-electron chi connectivity index (χ3n) is 3.21. The molecule has 1 rings (SSSR count). The lowest BCUT2D eigenvalue weighted by atomic mass is 9.85. The first-order valence-electron chi connectivity index (χ1n) is 6.89. The molecule has 0 heterocycles. The Balaban J connectivity index is 2.58. The summed E-state index contributed by atoms with van der Waals surface area (Å²) in [4.78, 5) is 24.0. The van der Waals surface area contributed by atoms with Gasteiger partial charge in [-0.2, -0.15) is 0 Å². The van der Waals surface area contributed by atoms with Gasteiger partial charge in [0.2, 0.25) is 5.91 Å². The highest BCUT2D eigenvalue weighted by Crippen LogP contribution is 2.24. The Labute approximate surface area is 130 Å². The third kappa shape index (κ3) is 6.21. The van der Waals surface area contributed by atoms with Gasteiger partial charge >= 0.3 is 5.97 Å². The largest absolute Gasteiger partial charge is 0.481 e. The predicted molar refractivity (Wildman–Crippen MR) is 85.5 cm³/mol. The van der Waals surface area contributed by atoms with Crippen LogP contribution in [0.5, 0.6) is 0 Å². The van der Waals surface area contributed by atoms with E-state index < -0.39 is 5.97 Å². The van der Waals surface area contributed by atoms with E-state index in [0.29, 0.717) is 0 Å². The summed E-state index contributed by atoms with van der Waals surface area (Å²) in [7, 11) is 0. The minimum absolute atomic E-state index is 0.0652. The molecule has 1 aromatic rings. The maximum absolute atomic E-state index is 12.0. The number of aliphatic carboxylic acids is 1. The van der Waals surface area contributed by atoms with Crippen molar-refractivity contribution in [2.45, 2.75) is 45.1 Å². The van der Waals surface area contributed by atoms with Crippen LogP contribution in [0.4, 0.5) is 0 Å². The lowest BCUT2D eigenvalue weighted by Crippen LogP contribution is -2.45. The number of carboxylic acid groups (broad SMARTS) is 1. The second-order valence-electron chi connectivity index (χ2n) is 6.14. The van der Waals surface area contributed by atoms with E-state index in [-0.39, 0.29) is 29.5 Å².